The van der Waals surface area contributed by atoms with Gasteiger partial charge in [-0.25, -0.2) is 0 Å². The molecule has 2 heterocycles. The minimum absolute atomic E-state index is 0.467. The van der Waals surface area contributed by atoms with Gasteiger partial charge in [0.15, 0.2) is 10.9 Å². The number of halogens is 1. The number of hydrogen-bond donors (Lipinski definition) is 2. The second-order valence-electron chi connectivity index (χ2n) is 7.70. The quantitative estimate of drug-likeness (QED) is 0.365. The number of aromatic nitrogens is 4. The van der Waals surface area contributed by atoms with E-state index in [1.54, 1.807) is 0 Å². The molecule has 32 heavy (non-hydrogen) atoms. The van der Waals surface area contributed by atoms with Crippen LogP contribution in [0.2, 0.25) is 5.02 Å². The van der Waals surface area contributed by atoms with Crippen molar-refractivity contribution in [3.05, 3.63) is 93.9 Å². The Morgan fingerprint density at radius 2 is 1.62 bits per heavy atom. The fraction of sp³-hybridized carbons (Fsp3) is 0.208. The molecule has 0 amide bonds. The van der Waals surface area contributed by atoms with E-state index in [9.17, 15) is 0 Å². The molecule has 0 saturated heterocycles. The fourth-order valence-electron chi connectivity index (χ4n) is 3.56. The summed E-state index contributed by atoms with van der Waals surface area (Å²) in [5.41, 5.74) is 6.33. The van der Waals surface area contributed by atoms with Crippen LogP contribution in [-0.2, 0) is 13.1 Å². The first-order valence-corrected chi connectivity index (χ1v) is 11.1. The van der Waals surface area contributed by atoms with Gasteiger partial charge in [0, 0.05) is 17.3 Å². The average molecular weight is 465 g/mol. The summed E-state index contributed by atoms with van der Waals surface area (Å²) >= 11 is 11.8. The van der Waals surface area contributed by atoms with E-state index in [2.05, 4.69) is 40.9 Å². The van der Waals surface area contributed by atoms with Crippen molar-refractivity contribution in [3.8, 4) is 0 Å². The van der Waals surface area contributed by atoms with Gasteiger partial charge in [-0.2, -0.15) is 10.2 Å². The molecule has 0 spiro atoms. The van der Waals surface area contributed by atoms with Crippen LogP contribution in [0.15, 0.2) is 60.8 Å². The van der Waals surface area contributed by atoms with E-state index in [1.807, 2.05) is 65.8 Å². The summed E-state index contributed by atoms with van der Waals surface area (Å²) in [5, 5.41) is 16.9. The van der Waals surface area contributed by atoms with Crippen LogP contribution in [0.25, 0.3) is 0 Å². The molecule has 0 atom stereocenters. The molecule has 0 saturated carbocycles. The second-order valence-corrected chi connectivity index (χ2v) is 8.51. The molecule has 6 nitrogen and oxygen atoms in total. The van der Waals surface area contributed by atoms with Crippen LogP contribution < -0.4 is 10.6 Å². The van der Waals surface area contributed by atoms with Gasteiger partial charge in [-0.1, -0.05) is 54.1 Å². The van der Waals surface area contributed by atoms with Crippen molar-refractivity contribution in [1.82, 2.24) is 19.6 Å². The molecule has 8 heteroatoms. The molecular weight excluding hydrogens is 440 g/mol. The summed E-state index contributed by atoms with van der Waals surface area (Å²) in [7, 11) is 0. The Morgan fingerprint density at radius 1 is 0.906 bits per heavy atom. The van der Waals surface area contributed by atoms with Gasteiger partial charge < -0.3 is 10.6 Å². The van der Waals surface area contributed by atoms with Crippen molar-refractivity contribution in [3.63, 3.8) is 0 Å². The monoisotopic (exact) mass is 464 g/mol. The number of anilines is 2. The SMILES string of the molecule is Cc1ccccc1Cn1nc(C)c(NC(=S)Nc2ccn(Cc3ccccc3Cl)n2)c1C. The lowest BCUT2D eigenvalue weighted by molar-refractivity contribution is 0.657. The third-order valence-corrected chi connectivity index (χ3v) is 5.95. The summed E-state index contributed by atoms with van der Waals surface area (Å²) in [5.74, 6) is 0.664. The number of hydrogen-bond acceptors (Lipinski definition) is 3. The third-order valence-electron chi connectivity index (χ3n) is 5.37. The molecule has 4 aromatic rings. The summed E-state index contributed by atoms with van der Waals surface area (Å²) in [6, 6.07) is 18.0. The molecule has 2 aromatic carbocycles. The van der Waals surface area contributed by atoms with Crippen LogP contribution in [0.3, 0.4) is 0 Å². The Balaban J connectivity index is 1.41. The van der Waals surface area contributed by atoms with Gasteiger partial charge in [0.1, 0.15) is 0 Å². The minimum atomic E-state index is 0.467. The fourth-order valence-corrected chi connectivity index (χ4v) is 3.96. The van der Waals surface area contributed by atoms with Crippen LogP contribution >= 0.6 is 23.8 Å². The van der Waals surface area contributed by atoms with Crippen molar-refractivity contribution < 1.29 is 0 Å². The molecule has 0 aliphatic carbocycles. The standard InChI is InChI=1S/C24H25ClN6S/c1-16-8-4-5-9-19(16)15-31-18(3)23(17(2)28-31)27-24(32)26-22-12-13-30(29-22)14-20-10-6-7-11-21(20)25/h4-13H,14-15H2,1-3H3,(H2,26,27,29,32). The summed E-state index contributed by atoms with van der Waals surface area (Å²) < 4.78 is 3.82. The predicted octanol–water partition coefficient (Wildman–Crippen LogP) is 5.56. The molecule has 0 unspecified atom stereocenters. The maximum Gasteiger partial charge on any atom is 0.176 e. The van der Waals surface area contributed by atoms with E-state index in [4.69, 9.17) is 28.9 Å². The van der Waals surface area contributed by atoms with Crippen LogP contribution in [0.1, 0.15) is 28.1 Å². The van der Waals surface area contributed by atoms with E-state index < -0.39 is 0 Å². The lowest BCUT2D eigenvalue weighted by atomic mass is 10.1. The number of benzene rings is 2. The second kappa shape index (κ2) is 9.54. The van der Waals surface area contributed by atoms with E-state index in [0.29, 0.717) is 24.0 Å². The molecule has 4 rings (SSSR count). The molecule has 0 fully saturated rings. The maximum atomic E-state index is 6.25. The number of nitrogens with zero attached hydrogens (tertiary/aromatic N) is 4. The molecular formula is C24H25ClN6S. The topological polar surface area (TPSA) is 59.7 Å². The largest absolute Gasteiger partial charge is 0.329 e. The zero-order valence-corrected chi connectivity index (χ0v) is 19.8. The van der Waals surface area contributed by atoms with Gasteiger partial charge in [-0.3, -0.25) is 9.36 Å². The van der Waals surface area contributed by atoms with E-state index >= 15 is 0 Å². The smallest absolute Gasteiger partial charge is 0.176 e. The molecule has 0 bridgehead atoms. The predicted molar refractivity (Wildman–Crippen MR) is 135 cm³/mol. The zero-order chi connectivity index (χ0) is 22.7. The summed E-state index contributed by atoms with van der Waals surface area (Å²) in [6.45, 7) is 7.44. The number of thiocarbonyl (C=S) groups is 1. The van der Waals surface area contributed by atoms with E-state index in [1.165, 1.54) is 11.1 Å². The van der Waals surface area contributed by atoms with Crippen LogP contribution in [0.5, 0.6) is 0 Å². The Hall–Kier alpha value is -3.16. The van der Waals surface area contributed by atoms with E-state index in [-0.39, 0.29) is 0 Å². The molecule has 164 valence electrons. The first-order chi connectivity index (χ1) is 15.4. The highest BCUT2D eigenvalue weighted by molar-refractivity contribution is 7.80. The lowest BCUT2D eigenvalue weighted by Gasteiger charge is -2.10. The highest BCUT2D eigenvalue weighted by atomic mass is 35.5. The summed E-state index contributed by atoms with van der Waals surface area (Å²) in [4.78, 5) is 0. The number of rotatable bonds is 6. The number of aryl methyl sites for hydroxylation is 2. The van der Waals surface area contributed by atoms with Crippen molar-refractivity contribution >= 4 is 40.4 Å². The molecule has 2 N–H and O–H groups in total. The Bertz CT molecular complexity index is 1260. The van der Waals surface area contributed by atoms with Gasteiger partial charge in [0.05, 0.1) is 30.2 Å². The van der Waals surface area contributed by atoms with Crippen molar-refractivity contribution in [2.24, 2.45) is 0 Å². The van der Waals surface area contributed by atoms with Crippen molar-refractivity contribution in [1.29, 1.82) is 0 Å². The highest BCUT2D eigenvalue weighted by Crippen LogP contribution is 2.22. The average Bonchev–Trinajstić information content (AvgIpc) is 3.30. The summed E-state index contributed by atoms with van der Waals surface area (Å²) in [6.07, 6.45) is 1.89. The first kappa shape index (κ1) is 22.0. The molecule has 0 aliphatic rings. The molecule has 2 aromatic heterocycles. The normalized spacial score (nSPS) is 10.9. The van der Waals surface area contributed by atoms with Crippen LogP contribution in [-0.4, -0.2) is 24.7 Å². The molecule has 0 aliphatic heterocycles. The first-order valence-electron chi connectivity index (χ1n) is 10.3. The maximum absolute atomic E-state index is 6.25. The molecule has 0 radical (unpaired) electrons. The Labute approximate surface area is 198 Å². The lowest BCUT2D eigenvalue weighted by Crippen LogP contribution is -2.20. The van der Waals surface area contributed by atoms with Crippen LogP contribution in [0.4, 0.5) is 11.5 Å². The van der Waals surface area contributed by atoms with Crippen molar-refractivity contribution in [2.45, 2.75) is 33.9 Å². The zero-order valence-electron chi connectivity index (χ0n) is 18.3. The van der Waals surface area contributed by atoms with Gasteiger partial charge in [-0.15, -0.1) is 0 Å². The van der Waals surface area contributed by atoms with Crippen LogP contribution in [0, 0.1) is 20.8 Å². The Morgan fingerprint density at radius 3 is 2.38 bits per heavy atom. The highest BCUT2D eigenvalue weighted by Gasteiger charge is 2.14. The van der Waals surface area contributed by atoms with Gasteiger partial charge in [0.25, 0.3) is 0 Å². The van der Waals surface area contributed by atoms with Gasteiger partial charge in [0.2, 0.25) is 0 Å². The van der Waals surface area contributed by atoms with Crippen molar-refractivity contribution in [2.75, 3.05) is 10.6 Å². The Kier molecular flexibility index (Phi) is 6.58. The van der Waals surface area contributed by atoms with Gasteiger partial charge >= 0.3 is 0 Å². The minimum Gasteiger partial charge on any atom is -0.329 e. The van der Waals surface area contributed by atoms with Gasteiger partial charge in [-0.05, 0) is 55.7 Å². The van der Waals surface area contributed by atoms with E-state index in [0.717, 1.165) is 27.7 Å². The number of nitrogens with one attached hydrogen (secondary N) is 2. The third kappa shape index (κ3) is 5.00.